The summed E-state index contributed by atoms with van der Waals surface area (Å²) in [6.45, 7) is 10.7. The largest absolute Gasteiger partial charge is 0.477 e. The maximum absolute atomic E-state index is 15.3. The predicted octanol–water partition coefficient (Wildman–Crippen LogP) is 5.57. The number of rotatable bonds is 7. The first-order valence-corrected chi connectivity index (χ1v) is 14.9. The summed E-state index contributed by atoms with van der Waals surface area (Å²) in [5.74, 6) is -0.269. The molecule has 0 aromatic carbocycles. The Bertz CT molecular complexity index is 1260. The van der Waals surface area contributed by atoms with Gasteiger partial charge >= 0.3 is 6.09 Å². The van der Waals surface area contributed by atoms with Crippen molar-refractivity contribution in [3.8, 4) is 5.88 Å². The van der Waals surface area contributed by atoms with Gasteiger partial charge in [-0.05, 0) is 91.5 Å². The van der Waals surface area contributed by atoms with Crippen LogP contribution in [0.3, 0.4) is 0 Å². The summed E-state index contributed by atoms with van der Waals surface area (Å²) in [7, 11) is 0. The highest BCUT2D eigenvalue weighted by Crippen LogP contribution is 2.42. The molecule has 3 atom stereocenters. The normalized spacial score (nSPS) is 30.4. The Morgan fingerprint density at radius 3 is 2.49 bits per heavy atom. The van der Waals surface area contributed by atoms with Gasteiger partial charge in [-0.2, -0.15) is 0 Å². The maximum Gasteiger partial charge on any atom is 0.410 e. The van der Waals surface area contributed by atoms with Crippen molar-refractivity contribution < 1.29 is 32.9 Å². The van der Waals surface area contributed by atoms with Crippen molar-refractivity contribution in [3.05, 3.63) is 29.7 Å². The van der Waals surface area contributed by atoms with Gasteiger partial charge in [0, 0.05) is 18.2 Å². The van der Waals surface area contributed by atoms with Crippen LogP contribution in [0.2, 0.25) is 0 Å². The van der Waals surface area contributed by atoms with Crippen molar-refractivity contribution in [1.82, 2.24) is 14.9 Å². The van der Waals surface area contributed by atoms with Crippen molar-refractivity contribution in [2.45, 2.75) is 115 Å². The van der Waals surface area contributed by atoms with Crippen LogP contribution in [0, 0.1) is 11.7 Å². The Morgan fingerprint density at radius 1 is 1.15 bits per heavy atom. The van der Waals surface area contributed by atoms with E-state index in [-0.39, 0.29) is 37.2 Å². The van der Waals surface area contributed by atoms with Gasteiger partial charge in [0.15, 0.2) is 5.79 Å². The second kappa shape index (κ2) is 10.6. The van der Waals surface area contributed by atoms with E-state index in [1.807, 2.05) is 34.6 Å². The Balaban J connectivity index is 1.18. The molecular weight excluding hydrogens is 529 g/mol. The van der Waals surface area contributed by atoms with Crippen LogP contribution in [0.25, 0.3) is 11.0 Å². The molecule has 0 spiro atoms. The van der Waals surface area contributed by atoms with E-state index in [0.29, 0.717) is 35.7 Å². The second-order valence-electron chi connectivity index (χ2n) is 13.6. The summed E-state index contributed by atoms with van der Waals surface area (Å²) in [6.07, 6.45) is 6.80. The minimum absolute atomic E-state index is 0.0880. The molecule has 224 valence electrons. The maximum atomic E-state index is 15.3. The molecule has 3 saturated heterocycles. The number of hydrogen-bond acceptors (Lipinski definition) is 8. The van der Waals surface area contributed by atoms with E-state index >= 15 is 4.39 Å². The number of hydrogen-bond donors (Lipinski definition) is 0. The fraction of sp³-hybridized carbons (Fsp3) is 0.710. The smallest absolute Gasteiger partial charge is 0.410 e. The first-order chi connectivity index (χ1) is 19.4. The molecular formula is C31H42FN3O6. The van der Waals surface area contributed by atoms with Gasteiger partial charge in [0.1, 0.15) is 11.4 Å². The van der Waals surface area contributed by atoms with Gasteiger partial charge in [-0.15, -0.1) is 0 Å². The molecule has 0 radical (unpaired) electrons. The first-order valence-electron chi connectivity index (χ1n) is 14.9. The molecule has 5 aliphatic rings. The van der Waals surface area contributed by atoms with E-state index in [2.05, 4.69) is 9.97 Å². The monoisotopic (exact) mass is 571 g/mol. The number of nitrogens with zero attached hydrogens (tertiary/aromatic N) is 3. The lowest BCUT2D eigenvalue weighted by atomic mass is 9.77. The zero-order valence-corrected chi connectivity index (χ0v) is 24.8. The highest BCUT2D eigenvalue weighted by molar-refractivity contribution is 5.78. The minimum atomic E-state index is -0.645. The lowest BCUT2D eigenvalue weighted by Crippen LogP contribution is -2.61. The van der Waals surface area contributed by atoms with E-state index in [0.717, 1.165) is 38.5 Å². The fourth-order valence-electron chi connectivity index (χ4n) is 6.92. The van der Waals surface area contributed by atoms with Gasteiger partial charge in [0.25, 0.3) is 0 Å². The standard InChI is InChI=1S/C31H42FN3O6/c1-29(2,3)41-28(36)35(31-11-8-20(9-12-31)38-18-31)13-10-21-22(32)16-33-23-6-7-26(34-27(21)23)37-17-19-14-24-25(15-19)40-30(4,5)39-24/h6-7,16,19-20,24-25H,8-15,17-18H2,1-5H3/t19-,20?,24-,25+,31?. The highest BCUT2D eigenvalue weighted by Gasteiger charge is 2.49. The van der Waals surface area contributed by atoms with Crippen LogP contribution in [0.5, 0.6) is 5.88 Å². The number of ether oxygens (including phenoxy) is 5. The van der Waals surface area contributed by atoms with Gasteiger partial charge in [-0.25, -0.2) is 14.2 Å². The van der Waals surface area contributed by atoms with E-state index in [1.54, 1.807) is 17.0 Å². The SMILES string of the molecule is CC(C)(C)OC(=O)N(CCc1c(F)cnc2ccc(OC[C@H]3C[C@@H]4OC(C)(C)O[C@@H]4C3)nc12)C12CCC(CC1)OC2. The summed E-state index contributed by atoms with van der Waals surface area (Å²) in [5, 5.41) is 0. The number of carbonyl (C=O) groups is 1. The number of carbonyl (C=O) groups excluding carboxylic acids is 1. The molecule has 3 aliphatic heterocycles. The van der Waals surface area contributed by atoms with Crippen LogP contribution in [-0.2, 0) is 25.4 Å². The molecule has 5 heterocycles. The van der Waals surface area contributed by atoms with Crippen molar-refractivity contribution in [1.29, 1.82) is 0 Å². The molecule has 2 aromatic heterocycles. The third-order valence-electron chi connectivity index (χ3n) is 8.85. The van der Waals surface area contributed by atoms with Gasteiger partial charge in [0.2, 0.25) is 5.88 Å². The molecule has 41 heavy (non-hydrogen) atoms. The van der Waals surface area contributed by atoms with Crippen LogP contribution in [0.15, 0.2) is 18.3 Å². The number of fused-ring (bicyclic) bond motifs is 5. The molecule has 5 fully saturated rings. The Kier molecular flexibility index (Phi) is 7.39. The van der Waals surface area contributed by atoms with E-state index < -0.39 is 28.8 Å². The van der Waals surface area contributed by atoms with Crippen LogP contribution in [-0.4, -0.2) is 76.0 Å². The lowest BCUT2D eigenvalue weighted by molar-refractivity contribution is -0.154. The molecule has 2 saturated carbocycles. The van der Waals surface area contributed by atoms with Crippen LogP contribution in [0.4, 0.5) is 9.18 Å². The van der Waals surface area contributed by atoms with Crippen molar-refractivity contribution in [3.63, 3.8) is 0 Å². The zero-order valence-electron chi connectivity index (χ0n) is 24.8. The number of halogens is 1. The molecule has 10 heteroatoms. The molecule has 2 aliphatic carbocycles. The highest BCUT2D eigenvalue weighted by atomic mass is 19.1. The summed E-state index contributed by atoms with van der Waals surface area (Å²) >= 11 is 0. The number of amides is 1. The van der Waals surface area contributed by atoms with Gasteiger partial charge < -0.3 is 23.7 Å². The van der Waals surface area contributed by atoms with E-state index in [9.17, 15) is 4.79 Å². The fourth-order valence-corrected chi connectivity index (χ4v) is 6.92. The number of aromatic nitrogens is 2. The predicted molar refractivity (Wildman–Crippen MR) is 149 cm³/mol. The summed E-state index contributed by atoms with van der Waals surface area (Å²) in [6, 6.07) is 3.58. The molecule has 0 unspecified atom stereocenters. The van der Waals surface area contributed by atoms with Crippen LogP contribution in [0.1, 0.15) is 78.7 Å². The van der Waals surface area contributed by atoms with Crippen molar-refractivity contribution in [2.75, 3.05) is 19.8 Å². The first kappa shape index (κ1) is 28.6. The van der Waals surface area contributed by atoms with Crippen molar-refractivity contribution in [2.24, 2.45) is 5.92 Å². The number of pyridine rings is 2. The zero-order chi connectivity index (χ0) is 29.0. The molecule has 2 aromatic rings. The van der Waals surface area contributed by atoms with Gasteiger partial charge in [-0.1, -0.05) is 0 Å². The van der Waals surface area contributed by atoms with Gasteiger partial charge in [0.05, 0.1) is 54.3 Å². The third kappa shape index (κ3) is 6.01. The Hall–Kier alpha value is -2.56. The summed E-state index contributed by atoms with van der Waals surface area (Å²) in [4.78, 5) is 24.2. The average Bonchev–Trinajstić information content (AvgIpc) is 3.41. The second-order valence-corrected chi connectivity index (χ2v) is 13.6. The molecule has 0 N–H and O–H groups in total. The molecule has 1 amide bonds. The van der Waals surface area contributed by atoms with Crippen LogP contribution >= 0.6 is 0 Å². The Morgan fingerprint density at radius 2 is 1.85 bits per heavy atom. The topological polar surface area (TPSA) is 92.2 Å². The quantitative estimate of drug-likeness (QED) is 0.426. The van der Waals surface area contributed by atoms with Crippen LogP contribution < -0.4 is 4.74 Å². The lowest BCUT2D eigenvalue weighted by Gasteiger charge is -2.52. The van der Waals surface area contributed by atoms with E-state index in [1.165, 1.54) is 6.20 Å². The molecule has 7 rings (SSSR count). The third-order valence-corrected chi connectivity index (χ3v) is 8.85. The molecule has 9 nitrogen and oxygen atoms in total. The summed E-state index contributed by atoms with van der Waals surface area (Å²) in [5.41, 5.74) is 0.352. The minimum Gasteiger partial charge on any atom is -0.477 e. The summed E-state index contributed by atoms with van der Waals surface area (Å²) < 4.78 is 45.2. The van der Waals surface area contributed by atoms with E-state index in [4.69, 9.17) is 23.7 Å². The average molecular weight is 572 g/mol. The Labute approximate surface area is 241 Å². The van der Waals surface area contributed by atoms with Gasteiger partial charge in [-0.3, -0.25) is 9.88 Å². The molecule has 2 bridgehead atoms. The van der Waals surface area contributed by atoms with Crippen molar-refractivity contribution >= 4 is 17.1 Å².